The van der Waals surface area contributed by atoms with Gasteiger partial charge in [0.05, 0.1) is 29.3 Å². The van der Waals surface area contributed by atoms with Crippen molar-refractivity contribution >= 4 is 33.3 Å². The number of fused-ring (bicyclic) bond motifs is 1. The van der Waals surface area contributed by atoms with E-state index in [4.69, 9.17) is 9.47 Å². The predicted octanol–water partition coefficient (Wildman–Crippen LogP) is 4.78. The minimum Gasteiger partial charge on any atom is -0.497 e. The van der Waals surface area contributed by atoms with Crippen LogP contribution < -0.4 is 4.74 Å². The number of aromatic nitrogens is 1. The van der Waals surface area contributed by atoms with Crippen LogP contribution in [0.2, 0.25) is 0 Å². The second kappa shape index (κ2) is 7.93. The Morgan fingerprint density at radius 1 is 0.966 bits per heavy atom. The van der Waals surface area contributed by atoms with Crippen molar-refractivity contribution in [3.05, 3.63) is 88.4 Å². The molecule has 0 aliphatic rings. The van der Waals surface area contributed by atoms with Crippen molar-refractivity contribution in [2.24, 2.45) is 0 Å². The van der Waals surface area contributed by atoms with Gasteiger partial charge in [-0.05, 0) is 42.0 Å². The monoisotopic (exact) mass is 405 g/mol. The number of ketones is 1. The first-order valence-electron chi connectivity index (χ1n) is 9.04. The van der Waals surface area contributed by atoms with Crippen molar-refractivity contribution in [3.8, 4) is 5.75 Å². The predicted molar refractivity (Wildman–Crippen MR) is 113 cm³/mol. The molecule has 6 heteroatoms. The maximum Gasteiger partial charge on any atom is 0.354 e. The largest absolute Gasteiger partial charge is 0.497 e. The van der Waals surface area contributed by atoms with E-state index in [-0.39, 0.29) is 5.78 Å². The van der Waals surface area contributed by atoms with Gasteiger partial charge in [0.25, 0.3) is 0 Å². The number of nitrogens with zero attached hydrogens (tertiary/aromatic N) is 1. The third-order valence-corrected chi connectivity index (χ3v) is 5.81. The third kappa shape index (κ3) is 3.67. The van der Waals surface area contributed by atoms with Gasteiger partial charge in [0.2, 0.25) is 5.78 Å². The smallest absolute Gasteiger partial charge is 0.354 e. The maximum absolute atomic E-state index is 12.9. The van der Waals surface area contributed by atoms with E-state index in [1.54, 1.807) is 37.4 Å². The molecule has 0 bridgehead atoms. The summed E-state index contributed by atoms with van der Waals surface area (Å²) in [5, 5.41) is 0. The van der Waals surface area contributed by atoms with Crippen LogP contribution in [0.25, 0.3) is 10.2 Å². The van der Waals surface area contributed by atoms with E-state index < -0.39 is 5.97 Å². The van der Waals surface area contributed by atoms with Gasteiger partial charge >= 0.3 is 5.97 Å². The minimum atomic E-state index is -0.396. The lowest BCUT2D eigenvalue weighted by Crippen LogP contribution is -2.11. The van der Waals surface area contributed by atoms with Crippen molar-refractivity contribution in [1.82, 2.24) is 4.57 Å². The molecule has 146 valence electrons. The Bertz CT molecular complexity index is 1170. The fraction of sp³-hybridized carbons (Fsp3) is 0.130. The topological polar surface area (TPSA) is 57.5 Å². The van der Waals surface area contributed by atoms with E-state index in [1.807, 2.05) is 41.0 Å². The Kier molecular flexibility index (Phi) is 5.18. The fourth-order valence-electron chi connectivity index (χ4n) is 3.25. The summed E-state index contributed by atoms with van der Waals surface area (Å²) in [4.78, 5) is 25.8. The lowest BCUT2D eigenvalue weighted by molar-refractivity contribution is 0.0589. The van der Waals surface area contributed by atoms with E-state index >= 15 is 0 Å². The molecule has 0 atom stereocenters. The molecule has 4 aromatic rings. The summed E-state index contributed by atoms with van der Waals surface area (Å²) in [6, 6.07) is 20.6. The van der Waals surface area contributed by atoms with E-state index in [2.05, 4.69) is 0 Å². The molecule has 0 saturated heterocycles. The molecular weight excluding hydrogens is 386 g/mol. The molecule has 0 saturated carbocycles. The number of benzene rings is 2. The number of methoxy groups -OCH3 is 2. The quantitative estimate of drug-likeness (QED) is 0.342. The number of ether oxygens (including phenoxy) is 2. The summed E-state index contributed by atoms with van der Waals surface area (Å²) in [5.74, 6) is 0.252. The highest BCUT2D eigenvalue weighted by atomic mass is 32.1. The van der Waals surface area contributed by atoms with Gasteiger partial charge in [-0.3, -0.25) is 4.79 Å². The Balaban J connectivity index is 1.75. The van der Waals surface area contributed by atoms with Crippen LogP contribution in [0.1, 0.15) is 31.3 Å². The molecule has 0 aliphatic carbocycles. The van der Waals surface area contributed by atoms with Gasteiger partial charge in [-0.2, -0.15) is 0 Å². The van der Waals surface area contributed by atoms with Gasteiger partial charge in [-0.25, -0.2) is 4.79 Å². The van der Waals surface area contributed by atoms with E-state index in [0.29, 0.717) is 28.4 Å². The van der Waals surface area contributed by atoms with Crippen molar-refractivity contribution in [2.75, 3.05) is 14.2 Å². The molecule has 2 heterocycles. The highest BCUT2D eigenvalue weighted by Crippen LogP contribution is 2.32. The van der Waals surface area contributed by atoms with Gasteiger partial charge in [0.15, 0.2) is 0 Å². The van der Waals surface area contributed by atoms with Crippen molar-refractivity contribution < 1.29 is 19.1 Å². The van der Waals surface area contributed by atoms with Crippen LogP contribution in [-0.2, 0) is 11.3 Å². The number of thiophene rings is 1. The van der Waals surface area contributed by atoms with Gasteiger partial charge in [-0.15, -0.1) is 11.3 Å². The molecule has 5 nitrogen and oxygen atoms in total. The van der Waals surface area contributed by atoms with Crippen LogP contribution in [0.4, 0.5) is 0 Å². The van der Waals surface area contributed by atoms with Gasteiger partial charge < -0.3 is 14.0 Å². The number of hydrogen-bond donors (Lipinski definition) is 0. The zero-order chi connectivity index (χ0) is 20.4. The minimum absolute atomic E-state index is 0.0558. The van der Waals surface area contributed by atoms with Crippen LogP contribution in [0.5, 0.6) is 5.75 Å². The number of hydrogen-bond acceptors (Lipinski definition) is 5. The van der Waals surface area contributed by atoms with Crippen molar-refractivity contribution in [1.29, 1.82) is 0 Å². The molecule has 0 N–H and O–H groups in total. The molecule has 0 spiro atoms. The van der Waals surface area contributed by atoms with E-state index in [9.17, 15) is 9.59 Å². The summed E-state index contributed by atoms with van der Waals surface area (Å²) in [6.45, 7) is 0.516. The molecule has 2 aromatic heterocycles. The Morgan fingerprint density at radius 3 is 2.34 bits per heavy atom. The molecule has 0 fully saturated rings. The molecule has 4 rings (SSSR count). The second-order valence-corrected chi connectivity index (χ2v) is 7.59. The Labute approximate surface area is 172 Å². The summed E-state index contributed by atoms with van der Waals surface area (Å²) in [5.41, 5.74) is 2.97. The van der Waals surface area contributed by atoms with Crippen LogP contribution in [-0.4, -0.2) is 30.5 Å². The van der Waals surface area contributed by atoms with Crippen LogP contribution in [0, 0.1) is 0 Å². The van der Waals surface area contributed by atoms with Crippen molar-refractivity contribution in [2.45, 2.75) is 6.54 Å². The first kappa shape index (κ1) is 19.0. The zero-order valence-corrected chi connectivity index (χ0v) is 16.9. The summed E-state index contributed by atoms with van der Waals surface area (Å²) in [6.07, 6.45) is 0. The van der Waals surface area contributed by atoms with Crippen LogP contribution >= 0.6 is 11.3 Å². The molecule has 0 aliphatic heterocycles. The standard InChI is InChI=1S/C23H19NO4S/c1-27-17-10-8-16(9-11-17)22(25)21-12-18-20(29-21)13-19(23(26)28-2)24(18)14-15-6-4-3-5-7-15/h3-13H,14H2,1-2H3. The SMILES string of the molecule is COC(=O)c1cc2sc(C(=O)c3ccc(OC)cc3)cc2n1Cc1ccccc1. The number of carbonyl (C=O) groups is 2. The zero-order valence-electron chi connectivity index (χ0n) is 16.0. The lowest BCUT2D eigenvalue weighted by Gasteiger charge is -2.09. The van der Waals surface area contributed by atoms with Gasteiger partial charge in [0.1, 0.15) is 11.4 Å². The second-order valence-electron chi connectivity index (χ2n) is 6.51. The van der Waals surface area contributed by atoms with Gasteiger partial charge in [-0.1, -0.05) is 30.3 Å². The molecule has 0 unspecified atom stereocenters. The summed E-state index contributed by atoms with van der Waals surface area (Å²) in [7, 11) is 2.96. The number of esters is 1. The first-order chi connectivity index (χ1) is 14.1. The van der Waals surface area contributed by atoms with Gasteiger partial charge in [0, 0.05) is 12.1 Å². The summed E-state index contributed by atoms with van der Waals surface area (Å²) >= 11 is 1.37. The molecule has 29 heavy (non-hydrogen) atoms. The Morgan fingerprint density at radius 2 is 1.69 bits per heavy atom. The average Bonchev–Trinajstić information content (AvgIpc) is 3.33. The average molecular weight is 405 g/mol. The number of carbonyl (C=O) groups excluding carboxylic acids is 2. The highest BCUT2D eigenvalue weighted by Gasteiger charge is 2.21. The first-order valence-corrected chi connectivity index (χ1v) is 9.86. The normalized spacial score (nSPS) is 10.8. The van der Waals surface area contributed by atoms with E-state index in [1.165, 1.54) is 18.4 Å². The fourth-order valence-corrected chi connectivity index (χ4v) is 4.31. The third-order valence-electron chi connectivity index (χ3n) is 4.74. The number of rotatable bonds is 6. The van der Waals surface area contributed by atoms with Crippen molar-refractivity contribution in [3.63, 3.8) is 0 Å². The summed E-state index contributed by atoms with van der Waals surface area (Å²) < 4.78 is 12.9. The van der Waals surface area contributed by atoms with Crippen LogP contribution in [0.3, 0.4) is 0 Å². The molecular formula is C23H19NO4S. The maximum atomic E-state index is 12.9. The van der Waals surface area contributed by atoms with E-state index in [0.717, 1.165) is 15.8 Å². The highest BCUT2D eigenvalue weighted by molar-refractivity contribution is 7.21. The molecule has 0 amide bonds. The lowest BCUT2D eigenvalue weighted by atomic mass is 10.1. The van der Waals surface area contributed by atoms with Crippen LogP contribution in [0.15, 0.2) is 66.7 Å². The molecule has 2 aromatic carbocycles. The Hall–Kier alpha value is -3.38. The molecule has 0 radical (unpaired) electrons.